The molecule has 152 valence electrons. The molecule has 2 N–H and O–H groups in total. The molecule has 2 aromatic carbocycles. The number of anilines is 1. The second-order valence-electron chi connectivity index (χ2n) is 5.78. The fourth-order valence-corrected chi connectivity index (χ4v) is 2.50. The molecule has 0 amide bonds. The Bertz CT molecular complexity index is 984. The smallest absolute Gasteiger partial charge is 0.406 e. The first-order valence-corrected chi connectivity index (χ1v) is 7.99. The monoisotopic (exact) mass is 414 g/mol. The molecule has 0 saturated heterocycles. The van der Waals surface area contributed by atoms with Gasteiger partial charge in [-0.2, -0.15) is 0 Å². The minimum Gasteiger partial charge on any atom is -0.406 e. The van der Waals surface area contributed by atoms with Crippen LogP contribution in [0.25, 0.3) is 22.5 Å². The molecule has 0 saturated carbocycles. The second-order valence-corrected chi connectivity index (χ2v) is 5.78. The molecule has 1 aromatic heterocycles. The molecule has 3 rings (SSSR count). The van der Waals surface area contributed by atoms with Crippen LogP contribution < -0.4 is 15.2 Å². The van der Waals surface area contributed by atoms with Crippen LogP contribution in [0.15, 0.2) is 60.7 Å². The average molecular weight is 414 g/mol. The van der Waals surface area contributed by atoms with E-state index in [4.69, 9.17) is 5.73 Å². The molecule has 0 spiro atoms. The summed E-state index contributed by atoms with van der Waals surface area (Å²) in [6.07, 6.45) is -9.60. The van der Waals surface area contributed by atoms with E-state index >= 15 is 0 Å². The Kier molecular flexibility index (Phi) is 5.27. The molecule has 0 unspecified atom stereocenters. The number of hydrogen-bond acceptors (Lipinski definition) is 4. The fraction of sp³-hybridized carbons (Fsp3) is 0.105. The molecular formula is C19H12F6N2O2. The van der Waals surface area contributed by atoms with Gasteiger partial charge in [0.05, 0.1) is 17.1 Å². The Hall–Kier alpha value is -3.43. The Balaban J connectivity index is 1.87. The van der Waals surface area contributed by atoms with Crippen molar-refractivity contribution in [1.82, 2.24) is 4.98 Å². The number of pyridine rings is 1. The van der Waals surface area contributed by atoms with Gasteiger partial charge in [-0.3, -0.25) is 0 Å². The highest BCUT2D eigenvalue weighted by Gasteiger charge is 2.31. The molecule has 4 nitrogen and oxygen atoms in total. The zero-order chi connectivity index (χ0) is 21.2. The lowest BCUT2D eigenvalue weighted by Crippen LogP contribution is -2.16. The van der Waals surface area contributed by atoms with E-state index in [1.54, 1.807) is 6.07 Å². The summed E-state index contributed by atoms with van der Waals surface area (Å²) in [7, 11) is 0. The molecule has 0 aliphatic rings. The highest BCUT2D eigenvalue weighted by Crippen LogP contribution is 2.31. The van der Waals surface area contributed by atoms with Crippen LogP contribution in [0, 0.1) is 0 Å². The number of nitrogen functional groups attached to an aromatic ring is 1. The molecule has 0 aliphatic heterocycles. The number of aromatic nitrogens is 1. The molecular weight excluding hydrogens is 402 g/mol. The van der Waals surface area contributed by atoms with Gasteiger partial charge < -0.3 is 15.2 Å². The van der Waals surface area contributed by atoms with Gasteiger partial charge in [0.25, 0.3) is 0 Å². The van der Waals surface area contributed by atoms with Crippen molar-refractivity contribution in [2.75, 3.05) is 5.73 Å². The van der Waals surface area contributed by atoms with Gasteiger partial charge in [-0.25, -0.2) is 4.98 Å². The Morgan fingerprint density at radius 2 is 1.07 bits per heavy atom. The molecule has 29 heavy (non-hydrogen) atoms. The molecule has 0 fully saturated rings. The molecule has 0 radical (unpaired) electrons. The van der Waals surface area contributed by atoms with Crippen molar-refractivity contribution in [2.45, 2.75) is 12.7 Å². The van der Waals surface area contributed by atoms with E-state index in [-0.39, 0.29) is 11.4 Å². The van der Waals surface area contributed by atoms with Crippen LogP contribution in [0.1, 0.15) is 0 Å². The van der Waals surface area contributed by atoms with Crippen LogP contribution in [0.5, 0.6) is 11.5 Å². The first-order valence-electron chi connectivity index (χ1n) is 7.99. The number of rotatable bonds is 4. The van der Waals surface area contributed by atoms with Gasteiger partial charge in [0.1, 0.15) is 11.5 Å². The highest BCUT2D eigenvalue weighted by atomic mass is 19.4. The maximum Gasteiger partial charge on any atom is 0.573 e. The van der Waals surface area contributed by atoms with Gasteiger partial charge in [0, 0.05) is 11.1 Å². The van der Waals surface area contributed by atoms with Crippen molar-refractivity contribution < 1.29 is 35.8 Å². The van der Waals surface area contributed by atoms with Crippen molar-refractivity contribution in [1.29, 1.82) is 0 Å². The molecule has 1 heterocycles. The minimum absolute atomic E-state index is 0.273. The van der Waals surface area contributed by atoms with Crippen molar-refractivity contribution >= 4 is 5.69 Å². The lowest BCUT2D eigenvalue weighted by Gasteiger charge is -2.12. The average Bonchev–Trinajstić information content (AvgIpc) is 2.61. The van der Waals surface area contributed by atoms with E-state index in [1.165, 1.54) is 30.3 Å². The van der Waals surface area contributed by atoms with Crippen molar-refractivity contribution in [2.24, 2.45) is 0 Å². The third-order valence-corrected chi connectivity index (χ3v) is 3.67. The maximum atomic E-state index is 12.3. The fourth-order valence-electron chi connectivity index (χ4n) is 2.50. The summed E-state index contributed by atoms with van der Waals surface area (Å²) in [4.78, 5) is 4.37. The summed E-state index contributed by atoms with van der Waals surface area (Å²) in [5, 5.41) is 0. The number of nitrogens with two attached hydrogens (primary N) is 1. The zero-order valence-electron chi connectivity index (χ0n) is 14.4. The van der Waals surface area contributed by atoms with E-state index in [0.717, 1.165) is 24.3 Å². The quantitative estimate of drug-likeness (QED) is 0.549. The van der Waals surface area contributed by atoms with Crippen molar-refractivity contribution in [3.05, 3.63) is 60.7 Å². The Morgan fingerprint density at radius 1 is 0.621 bits per heavy atom. The van der Waals surface area contributed by atoms with Crippen LogP contribution in [0.4, 0.5) is 32.0 Å². The normalized spacial score (nSPS) is 11.9. The van der Waals surface area contributed by atoms with Crippen LogP contribution >= 0.6 is 0 Å². The number of halogens is 6. The predicted molar refractivity (Wildman–Crippen MR) is 92.9 cm³/mol. The van der Waals surface area contributed by atoms with Gasteiger partial charge >= 0.3 is 12.7 Å². The Morgan fingerprint density at radius 3 is 1.52 bits per heavy atom. The van der Waals surface area contributed by atoms with Crippen LogP contribution in [-0.4, -0.2) is 17.7 Å². The van der Waals surface area contributed by atoms with E-state index in [0.29, 0.717) is 22.5 Å². The van der Waals surface area contributed by atoms with Gasteiger partial charge in [-0.15, -0.1) is 26.3 Å². The van der Waals surface area contributed by atoms with E-state index < -0.39 is 18.5 Å². The molecule has 0 atom stereocenters. The number of nitrogens with zero attached hydrogens (tertiary/aromatic N) is 1. The largest absolute Gasteiger partial charge is 0.573 e. The summed E-state index contributed by atoms with van der Waals surface area (Å²) < 4.78 is 81.2. The molecule has 0 bridgehead atoms. The number of ether oxygens (including phenoxy) is 2. The van der Waals surface area contributed by atoms with E-state index in [2.05, 4.69) is 14.5 Å². The van der Waals surface area contributed by atoms with Crippen LogP contribution in [0.2, 0.25) is 0 Å². The van der Waals surface area contributed by atoms with Crippen molar-refractivity contribution in [3.8, 4) is 34.0 Å². The van der Waals surface area contributed by atoms with Gasteiger partial charge in [-0.05, 0) is 60.7 Å². The van der Waals surface area contributed by atoms with Crippen LogP contribution in [0.3, 0.4) is 0 Å². The first-order chi connectivity index (χ1) is 13.5. The minimum atomic E-state index is -4.80. The third-order valence-electron chi connectivity index (χ3n) is 3.67. The SMILES string of the molecule is Nc1ccc(-c2ccc(OC(F)(F)F)cc2)nc1-c1ccc(OC(F)(F)F)cc1. The van der Waals surface area contributed by atoms with E-state index in [9.17, 15) is 26.3 Å². The third kappa shape index (κ3) is 5.53. The summed E-state index contributed by atoms with van der Waals surface area (Å²) in [6, 6.07) is 13.2. The summed E-state index contributed by atoms with van der Waals surface area (Å²) in [5.74, 6) is -0.770. The lowest BCUT2D eigenvalue weighted by molar-refractivity contribution is -0.275. The Labute approximate surface area is 160 Å². The number of alkyl halides is 6. The number of hydrogen-bond donors (Lipinski definition) is 1. The number of benzene rings is 2. The van der Waals surface area contributed by atoms with Gasteiger partial charge in [-0.1, -0.05) is 0 Å². The van der Waals surface area contributed by atoms with Crippen molar-refractivity contribution in [3.63, 3.8) is 0 Å². The standard InChI is InChI=1S/C19H12F6N2O2/c20-18(21,22)28-13-5-1-11(2-6-13)16-10-9-15(26)17(27-16)12-3-7-14(8-4-12)29-19(23,24)25/h1-10H,26H2. The topological polar surface area (TPSA) is 57.4 Å². The van der Waals surface area contributed by atoms with Gasteiger partial charge in [0.2, 0.25) is 0 Å². The molecule has 10 heteroatoms. The second kappa shape index (κ2) is 7.53. The predicted octanol–water partition coefficient (Wildman–Crippen LogP) is 5.80. The zero-order valence-corrected chi connectivity index (χ0v) is 14.4. The summed E-state index contributed by atoms with van der Waals surface area (Å²) >= 11 is 0. The molecule has 0 aliphatic carbocycles. The lowest BCUT2D eigenvalue weighted by atomic mass is 10.1. The van der Waals surface area contributed by atoms with Gasteiger partial charge in [0.15, 0.2) is 0 Å². The van der Waals surface area contributed by atoms with Crippen LogP contribution in [-0.2, 0) is 0 Å². The molecule has 3 aromatic rings. The first kappa shape index (κ1) is 20.3. The highest BCUT2D eigenvalue weighted by molar-refractivity contribution is 5.76. The maximum absolute atomic E-state index is 12.3. The summed E-state index contributed by atoms with van der Waals surface area (Å²) in [6.45, 7) is 0. The summed E-state index contributed by atoms with van der Waals surface area (Å²) in [5.41, 5.74) is 7.83. The van der Waals surface area contributed by atoms with E-state index in [1.807, 2.05) is 0 Å².